The highest BCUT2D eigenvalue weighted by molar-refractivity contribution is 5.92. The molecule has 4 aromatic carbocycles. The zero-order valence-corrected chi connectivity index (χ0v) is 21.1. The maximum absolute atomic E-state index is 12.5. The number of hydrogen-bond donors (Lipinski definition) is 2. The molecule has 188 valence electrons. The Morgan fingerprint density at radius 1 is 0.595 bits per heavy atom. The summed E-state index contributed by atoms with van der Waals surface area (Å²) in [5.41, 5.74) is 3.58. The standard InChI is InChI=1S/C31H28O6/c1-19-17-21(5-15-27(19)32)29(34)36-25-11-7-23(8-12-25)31(3,4)24-9-13-26(14-10-24)37-30(35)22-6-16-28(33)20(2)18-22/h5-18,32-33H,1-4H3. The number of benzene rings is 4. The predicted octanol–water partition coefficient (Wildman–Crippen LogP) is 6.48. The largest absolute Gasteiger partial charge is 0.508 e. The number of phenolic OH excluding ortho intramolecular Hbond substituents is 2. The van der Waals surface area contributed by atoms with Gasteiger partial charge in [-0.15, -0.1) is 0 Å². The molecule has 0 atom stereocenters. The first-order valence-electron chi connectivity index (χ1n) is 11.8. The van der Waals surface area contributed by atoms with E-state index in [4.69, 9.17) is 9.47 Å². The van der Waals surface area contributed by atoms with Gasteiger partial charge in [-0.25, -0.2) is 9.59 Å². The van der Waals surface area contributed by atoms with E-state index in [0.29, 0.717) is 33.8 Å². The van der Waals surface area contributed by atoms with E-state index in [9.17, 15) is 19.8 Å². The van der Waals surface area contributed by atoms with Gasteiger partial charge in [0.05, 0.1) is 11.1 Å². The quantitative estimate of drug-likeness (QED) is 0.234. The zero-order chi connectivity index (χ0) is 26.7. The fourth-order valence-electron chi connectivity index (χ4n) is 3.94. The second-order valence-electron chi connectivity index (χ2n) is 9.46. The molecule has 0 aliphatic heterocycles. The first kappa shape index (κ1) is 25.5. The van der Waals surface area contributed by atoms with Crippen LogP contribution in [0.4, 0.5) is 0 Å². The summed E-state index contributed by atoms with van der Waals surface area (Å²) in [6.45, 7) is 7.59. The van der Waals surface area contributed by atoms with Crippen molar-refractivity contribution in [1.29, 1.82) is 0 Å². The summed E-state index contributed by atoms with van der Waals surface area (Å²) in [6, 6.07) is 23.8. The number of ether oxygens (including phenoxy) is 2. The molecule has 0 heterocycles. The van der Waals surface area contributed by atoms with Crippen molar-refractivity contribution in [1.82, 2.24) is 0 Å². The third-order valence-corrected chi connectivity index (χ3v) is 6.44. The number of carbonyl (C=O) groups excluding carboxylic acids is 2. The molecule has 0 aliphatic carbocycles. The smallest absolute Gasteiger partial charge is 0.343 e. The fourth-order valence-corrected chi connectivity index (χ4v) is 3.94. The van der Waals surface area contributed by atoms with Crippen LogP contribution in [-0.2, 0) is 5.41 Å². The van der Waals surface area contributed by atoms with Gasteiger partial charge in [0, 0.05) is 5.41 Å². The molecule has 0 spiro atoms. The van der Waals surface area contributed by atoms with Gasteiger partial charge in [-0.1, -0.05) is 38.1 Å². The van der Waals surface area contributed by atoms with Crippen molar-refractivity contribution in [3.05, 3.63) is 118 Å². The van der Waals surface area contributed by atoms with Crippen LogP contribution in [-0.4, -0.2) is 22.2 Å². The van der Waals surface area contributed by atoms with Crippen LogP contribution in [0.5, 0.6) is 23.0 Å². The summed E-state index contributed by atoms with van der Waals surface area (Å²) in [5, 5.41) is 19.3. The highest BCUT2D eigenvalue weighted by atomic mass is 16.5. The molecule has 0 aliphatic rings. The number of carbonyl (C=O) groups is 2. The summed E-state index contributed by atoms with van der Waals surface area (Å²) < 4.78 is 11.0. The molecule has 0 aromatic heterocycles. The third kappa shape index (κ3) is 5.64. The number of hydrogen-bond acceptors (Lipinski definition) is 6. The number of aromatic hydroxyl groups is 2. The summed E-state index contributed by atoms with van der Waals surface area (Å²) in [6.07, 6.45) is 0. The lowest BCUT2D eigenvalue weighted by Gasteiger charge is -2.26. The average molecular weight is 497 g/mol. The average Bonchev–Trinajstić information content (AvgIpc) is 2.88. The topological polar surface area (TPSA) is 93.1 Å². The van der Waals surface area contributed by atoms with Crippen LogP contribution < -0.4 is 9.47 Å². The minimum Gasteiger partial charge on any atom is -0.508 e. The first-order valence-corrected chi connectivity index (χ1v) is 11.8. The highest BCUT2D eigenvalue weighted by Crippen LogP contribution is 2.33. The van der Waals surface area contributed by atoms with E-state index >= 15 is 0 Å². The lowest BCUT2D eigenvalue weighted by Crippen LogP contribution is -2.19. The molecule has 0 saturated carbocycles. The fraction of sp³-hybridized carbons (Fsp3) is 0.161. The van der Waals surface area contributed by atoms with Crippen molar-refractivity contribution in [2.45, 2.75) is 33.1 Å². The van der Waals surface area contributed by atoms with Crippen LogP contribution in [0.25, 0.3) is 0 Å². The molecule has 0 unspecified atom stereocenters. The monoisotopic (exact) mass is 496 g/mol. The van der Waals surface area contributed by atoms with Crippen LogP contribution in [0, 0.1) is 13.8 Å². The summed E-state index contributed by atoms with van der Waals surface area (Å²) in [4.78, 5) is 24.9. The molecule has 0 radical (unpaired) electrons. The molecule has 37 heavy (non-hydrogen) atoms. The molecule has 0 saturated heterocycles. The van der Waals surface area contributed by atoms with Crippen molar-refractivity contribution in [2.24, 2.45) is 0 Å². The SMILES string of the molecule is Cc1cc(C(=O)Oc2ccc(C(C)(C)c3ccc(OC(=O)c4ccc(O)c(C)c4)cc3)cc2)ccc1O. The van der Waals surface area contributed by atoms with Gasteiger partial charge < -0.3 is 19.7 Å². The Morgan fingerprint density at radius 3 is 1.27 bits per heavy atom. The van der Waals surface area contributed by atoms with Crippen molar-refractivity contribution < 1.29 is 29.3 Å². The van der Waals surface area contributed by atoms with E-state index < -0.39 is 11.9 Å². The zero-order valence-electron chi connectivity index (χ0n) is 21.1. The molecule has 6 nitrogen and oxygen atoms in total. The Bertz CT molecular complexity index is 1340. The van der Waals surface area contributed by atoms with E-state index in [1.54, 1.807) is 50.2 Å². The van der Waals surface area contributed by atoms with Gasteiger partial charge in [0.25, 0.3) is 0 Å². The van der Waals surface area contributed by atoms with Gasteiger partial charge in [0.15, 0.2) is 0 Å². The third-order valence-electron chi connectivity index (χ3n) is 6.44. The van der Waals surface area contributed by atoms with E-state index in [1.807, 2.05) is 24.3 Å². The molecule has 2 N–H and O–H groups in total. The van der Waals surface area contributed by atoms with Crippen LogP contribution in [0.3, 0.4) is 0 Å². The van der Waals surface area contributed by atoms with E-state index in [0.717, 1.165) is 11.1 Å². The maximum atomic E-state index is 12.5. The van der Waals surface area contributed by atoms with Crippen molar-refractivity contribution in [3.63, 3.8) is 0 Å². The second-order valence-corrected chi connectivity index (χ2v) is 9.46. The van der Waals surface area contributed by atoms with Gasteiger partial charge in [-0.2, -0.15) is 0 Å². The molecule has 0 bridgehead atoms. The molecule has 0 amide bonds. The minimum atomic E-state index is -0.497. The van der Waals surface area contributed by atoms with Gasteiger partial charge in [-0.05, 0) is 96.8 Å². The van der Waals surface area contributed by atoms with Crippen LogP contribution in [0.15, 0.2) is 84.9 Å². The molecule has 6 heteroatoms. The Kier molecular flexibility index (Phi) is 7.02. The number of phenols is 2. The van der Waals surface area contributed by atoms with Crippen molar-refractivity contribution in [3.8, 4) is 23.0 Å². The van der Waals surface area contributed by atoms with Gasteiger partial charge in [-0.3, -0.25) is 0 Å². The molecule has 0 fully saturated rings. The highest BCUT2D eigenvalue weighted by Gasteiger charge is 2.24. The Balaban J connectivity index is 1.43. The number of esters is 2. The normalized spacial score (nSPS) is 11.1. The lowest BCUT2D eigenvalue weighted by atomic mass is 9.78. The second kappa shape index (κ2) is 10.2. The number of rotatable bonds is 6. The molecule has 4 aromatic rings. The molecular weight excluding hydrogens is 468 g/mol. The minimum absolute atomic E-state index is 0.127. The summed E-state index contributed by atoms with van der Waals surface area (Å²) >= 11 is 0. The Labute approximate surface area is 215 Å². The Morgan fingerprint density at radius 2 is 0.946 bits per heavy atom. The summed E-state index contributed by atoms with van der Waals surface area (Å²) in [7, 11) is 0. The Hall–Kier alpha value is -4.58. The van der Waals surface area contributed by atoms with Crippen molar-refractivity contribution in [2.75, 3.05) is 0 Å². The van der Waals surface area contributed by atoms with E-state index in [-0.39, 0.29) is 16.9 Å². The van der Waals surface area contributed by atoms with E-state index in [1.165, 1.54) is 24.3 Å². The van der Waals surface area contributed by atoms with Crippen LogP contribution in [0.1, 0.15) is 56.8 Å². The van der Waals surface area contributed by atoms with Crippen LogP contribution >= 0.6 is 0 Å². The molecular formula is C31H28O6. The van der Waals surface area contributed by atoms with Crippen LogP contribution in [0.2, 0.25) is 0 Å². The van der Waals surface area contributed by atoms with Crippen molar-refractivity contribution >= 4 is 11.9 Å². The lowest BCUT2D eigenvalue weighted by molar-refractivity contribution is 0.0725. The number of aryl methyl sites for hydroxylation is 2. The molecule has 4 rings (SSSR count). The van der Waals surface area contributed by atoms with Gasteiger partial charge in [0.1, 0.15) is 23.0 Å². The first-order chi connectivity index (χ1) is 17.5. The van der Waals surface area contributed by atoms with E-state index in [2.05, 4.69) is 13.8 Å². The summed E-state index contributed by atoms with van der Waals surface area (Å²) in [5.74, 6) is 0.0953. The van der Waals surface area contributed by atoms with Gasteiger partial charge in [0.2, 0.25) is 0 Å². The van der Waals surface area contributed by atoms with Gasteiger partial charge >= 0.3 is 11.9 Å². The maximum Gasteiger partial charge on any atom is 0.343 e. The predicted molar refractivity (Wildman–Crippen MR) is 141 cm³/mol.